The molecule has 0 heterocycles. The lowest BCUT2D eigenvalue weighted by Crippen LogP contribution is -2.09. The molecule has 0 bridgehead atoms. The van der Waals surface area contributed by atoms with Crippen LogP contribution >= 0.6 is 67.8 Å². The number of nitrogens with two attached hydrogens (primary N) is 1. The number of benzene rings is 1. The molecule has 0 radical (unpaired) electrons. The van der Waals surface area contributed by atoms with Crippen LogP contribution in [-0.4, -0.2) is 0 Å². The molecular formula is C6H5I3N2. The van der Waals surface area contributed by atoms with Crippen LogP contribution in [0.4, 0.5) is 5.69 Å². The van der Waals surface area contributed by atoms with E-state index in [-0.39, 0.29) is 0 Å². The largest absolute Gasteiger partial charge is 0.322 e. The van der Waals surface area contributed by atoms with Gasteiger partial charge in [-0.2, -0.15) is 0 Å². The topological polar surface area (TPSA) is 38.0 Å². The molecule has 0 saturated carbocycles. The van der Waals surface area contributed by atoms with Gasteiger partial charge in [-0.15, -0.1) is 0 Å². The molecule has 0 atom stereocenters. The molecule has 1 aromatic carbocycles. The van der Waals surface area contributed by atoms with Gasteiger partial charge in [0, 0.05) is 10.7 Å². The van der Waals surface area contributed by atoms with Crippen molar-refractivity contribution >= 4 is 73.5 Å². The summed E-state index contributed by atoms with van der Waals surface area (Å²) in [6.07, 6.45) is 0. The molecule has 1 aromatic rings. The highest BCUT2D eigenvalue weighted by Gasteiger charge is 2.03. The van der Waals surface area contributed by atoms with Crippen LogP contribution in [0.2, 0.25) is 0 Å². The van der Waals surface area contributed by atoms with Crippen molar-refractivity contribution in [3.05, 3.63) is 22.8 Å². The summed E-state index contributed by atoms with van der Waals surface area (Å²) in [6, 6.07) is 4.16. The van der Waals surface area contributed by atoms with Crippen LogP contribution in [0.3, 0.4) is 0 Å². The lowest BCUT2D eigenvalue weighted by atomic mass is 10.3. The van der Waals surface area contributed by atoms with Crippen LogP contribution in [0, 0.1) is 10.7 Å². The van der Waals surface area contributed by atoms with Crippen LogP contribution in [0.5, 0.6) is 0 Å². The molecule has 11 heavy (non-hydrogen) atoms. The zero-order valence-corrected chi connectivity index (χ0v) is 11.8. The first-order chi connectivity index (χ1) is 5.15. The summed E-state index contributed by atoms with van der Waals surface area (Å²) < 4.78 is 3.54. The van der Waals surface area contributed by atoms with Crippen molar-refractivity contribution in [2.24, 2.45) is 5.84 Å². The third-order valence-corrected chi connectivity index (χ3v) is 3.48. The fourth-order valence-corrected chi connectivity index (χ4v) is 4.57. The standard InChI is InChI=1S/C6H5I3N2/c7-3-1-4(8)6(11-10)5(9)2-3/h1-2,11H,10H2. The lowest BCUT2D eigenvalue weighted by Gasteiger charge is -2.06. The summed E-state index contributed by atoms with van der Waals surface area (Å²) in [6.45, 7) is 0. The maximum absolute atomic E-state index is 5.34. The number of nitrogen functional groups attached to an aromatic ring is 1. The van der Waals surface area contributed by atoms with Crippen molar-refractivity contribution in [3.63, 3.8) is 0 Å². The molecular weight excluding hydrogens is 481 g/mol. The Morgan fingerprint density at radius 2 is 1.55 bits per heavy atom. The van der Waals surface area contributed by atoms with Crippen molar-refractivity contribution in [1.82, 2.24) is 0 Å². The predicted octanol–water partition coefficient (Wildman–Crippen LogP) is 2.79. The number of halogens is 3. The van der Waals surface area contributed by atoms with Gasteiger partial charge in [0.2, 0.25) is 0 Å². The molecule has 3 N–H and O–H groups in total. The zero-order valence-electron chi connectivity index (χ0n) is 5.37. The fourth-order valence-electron chi connectivity index (χ4n) is 0.680. The van der Waals surface area contributed by atoms with E-state index in [2.05, 4.69) is 85.3 Å². The number of hydrazine groups is 1. The molecule has 0 fully saturated rings. The summed E-state index contributed by atoms with van der Waals surface area (Å²) in [7, 11) is 0. The van der Waals surface area contributed by atoms with Crippen LogP contribution < -0.4 is 11.3 Å². The van der Waals surface area contributed by atoms with Crippen molar-refractivity contribution < 1.29 is 0 Å². The first-order valence-corrected chi connectivity index (χ1v) is 6.00. The summed E-state index contributed by atoms with van der Waals surface area (Å²) in [5.74, 6) is 5.34. The lowest BCUT2D eigenvalue weighted by molar-refractivity contribution is 1.32. The van der Waals surface area contributed by atoms with Crippen LogP contribution in [0.1, 0.15) is 0 Å². The Balaban J connectivity index is 3.25. The fraction of sp³-hybridized carbons (Fsp3) is 0. The molecule has 0 aliphatic heterocycles. The first kappa shape index (κ1) is 10.3. The highest BCUT2D eigenvalue weighted by molar-refractivity contribution is 14.1. The van der Waals surface area contributed by atoms with Gasteiger partial charge in [0.05, 0.1) is 5.69 Å². The SMILES string of the molecule is NNc1c(I)cc(I)cc1I. The molecule has 60 valence electrons. The minimum Gasteiger partial charge on any atom is -0.322 e. The van der Waals surface area contributed by atoms with E-state index in [1.165, 1.54) is 3.57 Å². The van der Waals surface area contributed by atoms with E-state index in [1.54, 1.807) is 0 Å². The second-order valence-corrected chi connectivity index (χ2v) is 5.46. The smallest absolute Gasteiger partial charge is 0.0754 e. The zero-order chi connectivity index (χ0) is 8.43. The molecule has 0 spiro atoms. The minimum atomic E-state index is 1.01. The van der Waals surface area contributed by atoms with Gasteiger partial charge in [-0.3, -0.25) is 5.84 Å². The average molecular weight is 486 g/mol. The van der Waals surface area contributed by atoms with E-state index < -0.39 is 0 Å². The monoisotopic (exact) mass is 486 g/mol. The maximum Gasteiger partial charge on any atom is 0.0754 e. The first-order valence-electron chi connectivity index (χ1n) is 2.76. The van der Waals surface area contributed by atoms with Gasteiger partial charge in [0.1, 0.15) is 0 Å². The van der Waals surface area contributed by atoms with Gasteiger partial charge in [-0.05, 0) is 79.9 Å². The Morgan fingerprint density at radius 3 is 1.91 bits per heavy atom. The predicted molar refractivity (Wildman–Crippen MR) is 72.4 cm³/mol. The van der Waals surface area contributed by atoms with Crippen molar-refractivity contribution in [1.29, 1.82) is 0 Å². The summed E-state index contributed by atoms with van der Waals surface area (Å²) in [5.41, 5.74) is 3.68. The Hall–Kier alpha value is 1.17. The molecule has 0 aliphatic rings. The molecule has 0 amide bonds. The molecule has 2 nitrogen and oxygen atoms in total. The second kappa shape index (κ2) is 4.42. The Morgan fingerprint density at radius 1 is 1.09 bits per heavy atom. The maximum atomic E-state index is 5.34. The van der Waals surface area contributed by atoms with Gasteiger partial charge in [0.25, 0.3) is 0 Å². The molecule has 0 aromatic heterocycles. The highest BCUT2D eigenvalue weighted by atomic mass is 127. The molecule has 0 aliphatic carbocycles. The normalized spacial score (nSPS) is 9.82. The van der Waals surface area contributed by atoms with Crippen molar-refractivity contribution in [2.45, 2.75) is 0 Å². The number of rotatable bonds is 1. The van der Waals surface area contributed by atoms with Crippen molar-refractivity contribution in [3.8, 4) is 0 Å². The van der Waals surface area contributed by atoms with E-state index in [1.807, 2.05) is 0 Å². The van der Waals surface area contributed by atoms with E-state index in [0.29, 0.717) is 0 Å². The minimum absolute atomic E-state index is 1.01. The van der Waals surface area contributed by atoms with Gasteiger partial charge in [-0.1, -0.05) is 0 Å². The number of nitrogens with one attached hydrogen (secondary N) is 1. The van der Waals surface area contributed by atoms with Crippen LogP contribution in [-0.2, 0) is 0 Å². The molecule has 0 unspecified atom stereocenters. The Kier molecular flexibility index (Phi) is 4.12. The Bertz CT molecular complexity index is 252. The van der Waals surface area contributed by atoms with Crippen LogP contribution in [0.15, 0.2) is 12.1 Å². The third-order valence-electron chi connectivity index (χ3n) is 1.15. The molecule has 1 rings (SSSR count). The highest BCUT2D eigenvalue weighted by Crippen LogP contribution is 2.26. The van der Waals surface area contributed by atoms with Crippen LogP contribution in [0.25, 0.3) is 0 Å². The molecule has 5 heteroatoms. The summed E-state index contributed by atoms with van der Waals surface area (Å²) in [4.78, 5) is 0. The van der Waals surface area contributed by atoms with Crippen molar-refractivity contribution in [2.75, 3.05) is 5.43 Å². The number of anilines is 1. The summed E-state index contributed by atoms with van der Waals surface area (Å²) >= 11 is 6.80. The second-order valence-electron chi connectivity index (χ2n) is 1.89. The van der Waals surface area contributed by atoms with Gasteiger partial charge < -0.3 is 5.43 Å². The number of hydrogen-bond donors (Lipinski definition) is 2. The van der Waals surface area contributed by atoms with E-state index in [4.69, 9.17) is 5.84 Å². The van der Waals surface area contributed by atoms with E-state index >= 15 is 0 Å². The van der Waals surface area contributed by atoms with Gasteiger partial charge >= 0.3 is 0 Å². The van der Waals surface area contributed by atoms with Gasteiger partial charge in [0.15, 0.2) is 0 Å². The Labute approximate surface area is 106 Å². The van der Waals surface area contributed by atoms with E-state index in [0.717, 1.165) is 12.8 Å². The summed E-state index contributed by atoms with van der Waals surface area (Å²) in [5, 5.41) is 0. The quantitative estimate of drug-likeness (QED) is 0.365. The average Bonchev–Trinajstić information content (AvgIpc) is 1.85. The molecule has 0 saturated heterocycles. The van der Waals surface area contributed by atoms with E-state index in [9.17, 15) is 0 Å². The number of hydrogen-bond acceptors (Lipinski definition) is 2. The van der Waals surface area contributed by atoms with Gasteiger partial charge in [-0.25, -0.2) is 0 Å². The third kappa shape index (κ3) is 2.56.